The second-order valence-corrected chi connectivity index (χ2v) is 16.9. The Morgan fingerprint density at radius 3 is 1.95 bits per heavy atom. The smallest absolute Gasteiger partial charge is 0.407 e. The van der Waals surface area contributed by atoms with Crippen LogP contribution in [0.15, 0.2) is 54.7 Å². The van der Waals surface area contributed by atoms with Gasteiger partial charge in [-0.05, 0) is 103 Å². The molecule has 8 rings (SSSR count). The van der Waals surface area contributed by atoms with Crippen LogP contribution in [0.25, 0.3) is 33.6 Å². The summed E-state index contributed by atoms with van der Waals surface area (Å²) >= 11 is 0. The van der Waals surface area contributed by atoms with Crippen LogP contribution in [0, 0.1) is 11.8 Å². The van der Waals surface area contributed by atoms with E-state index in [1.54, 1.807) is 0 Å². The summed E-state index contributed by atoms with van der Waals surface area (Å²) in [5, 5.41) is 5.59. The lowest BCUT2D eigenvalue weighted by Crippen LogP contribution is -2.53. The molecule has 5 heterocycles. The number of aromatic amines is 2. The second kappa shape index (κ2) is 17.9. The molecule has 3 aliphatic heterocycles. The molecule has 2 aromatic carbocycles. The number of imidazole rings is 1. The average Bonchev–Trinajstić information content (AvgIpc) is 4.13. The molecule has 14 heteroatoms. The molecule has 4 amide bonds. The maximum atomic E-state index is 14.0. The van der Waals surface area contributed by atoms with Crippen molar-refractivity contribution in [3.8, 4) is 33.6 Å². The Hall–Kier alpha value is -5.63. The van der Waals surface area contributed by atoms with Crippen LogP contribution in [0.2, 0.25) is 0 Å². The second-order valence-electron chi connectivity index (χ2n) is 16.9. The molecule has 2 aromatic heterocycles. The maximum Gasteiger partial charge on any atom is 0.407 e. The summed E-state index contributed by atoms with van der Waals surface area (Å²) in [6.07, 6.45) is 8.51. The van der Waals surface area contributed by atoms with E-state index in [4.69, 9.17) is 19.2 Å². The number of H-pyrrole nitrogens is 2. The van der Waals surface area contributed by atoms with Gasteiger partial charge in [-0.15, -0.1) is 0 Å². The largest absolute Gasteiger partial charge is 0.453 e. The summed E-state index contributed by atoms with van der Waals surface area (Å²) in [5.74, 6) is 0.458. The Morgan fingerprint density at radius 1 is 0.717 bits per heavy atom. The van der Waals surface area contributed by atoms with Gasteiger partial charge in [0.1, 0.15) is 17.9 Å². The number of alkyl carbamates (subject to hydrolysis) is 2. The van der Waals surface area contributed by atoms with Crippen molar-refractivity contribution in [2.24, 2.45) is 11.8 Å². The van der Waals surface area contributed by atoms with Gasteiger partial charge in [0.05, 0.1) is 38.2 Å². The molecule has 60 heavy (non-hydrogen) atoms. The topological polar surface area (TPSA) is 171 Å². The number of likely N-dealkylation sites (tertiary alicyclic amines) is 2. The summed E-state index contributed by atoms with van der Waals surface area (Å²) in [6.45, 7) is 6.26. The van der Waals surface area contributed by atoms with Crippen LogP contribution in [-0.4, -0.2) is 101 Å². The first-order valence-electron chi connectivity index (χ1n) is 21.5. The van der Waals surface area contributed by atoms with Crippen LogP contribution in [0.1, 0.15) is 93.5 Å². The number of nitrogens with one attached hydrogen (secondary N) is 4. The van der Waals surface area contributed by atoms with Gasteiger partial charge in [-0.2, -0.15) is 0 Å². The van der Waals surface area contributed by atoms with E-state index in [-0.39, 0.29) is 35.7 Å². The average molecular weight is 820 g/mol. The van der Waals surface area contributed by atoms with Gasteiger partial charge in [0.15, 0.2) is 0 Å². The molecule has 14 nitrogen and oxygen atoms in total. The molecule has 0 saturated carbocycles. The number of carbonyl (C=O) groups is 4. The number of ether oxygens (including phenoxy) is 3. The van der Waals surface area contributed by atoms with E-state index in [0.717, 1.165) is 90.1 Å². The zero-order valence-electron chi connectivity index (χ0n) is 35.1. The number of fused-ring (bicyclic) bond motifs is 1. The summed E-state index contributed by atoms with van der Waals surface area (Å²) < 4.78 is 15.2. The minimum atomic E-state index is -0.680. The number of amides is 4. The van der Waals surface area contributed by atoms with E-state index in [0.29, 0.717) is 39.1 Å². The van der Waals surface area contributed by atoms with Crippen LogP contribution in [0.5, 0.6) is 0 Å². The summed E-state index contributed by atoms with van der Waals surface area (Å²) in [5.41, 5.74) is 10.1. The van der Waals surface area contributed by atoms with Crippen molar-refractivity contribution < 1.29 is 33.4 Å². The fourth-order valence-electron chi connectivity index (χ4n) is 9.78. The quantitative estimate of drug-likeness (QED) is 0.124. The Labute approximate surface area is 351 Å². The van der Waals surface area contributed by atoms with Crippen molar-refractivity contribution in [2.45, 2.75) is 95.8 Å². The first-order chi connectivity index (χ1) is 29.1. The fraction of sp³-hybridized carbons (Fsp3) is 0.500. The Balaban J connectivity index is 0.957. The normalized spacial score (nSPS) is 20.2. The molecule has 4 N–H and O–H groups in total. The van der Waals surface area contributed by atoms with E-state index in [1.165, 1.54) is 25.3 Å². The van der Waals surface area contributed by atoms with Gasteiger partial charge < -0.3 is 44.6 Å². The van der Waals surface area contributed by atoms with Crippen molar-refractivity contribution in [1.29, 1.82) is 0 Å². The van der Waals surface area contributed by atoms with Gasteiger partial charge in [-0.1, -0.05) is 62.4 Å². The molecule has 3 fully saturated rings. The molecule has 0 spiro atoms. The van der Waals surface area contributed by atoms with Crippen molar-refractivity contribution >= 4 is 24.0 Å². The molecular formula is C46H57N7O7. The third-order valence-electron chi connectivity index (χ3n) is 13.0. The number of benzene rings is 2. The molecule has 0 bridgehead atoms. The first kappa shape index (κ1) is 41.1. The summed E-state index contributed by atoms with van der Waals surface area (Å²) in [7, 11) is 2.63. The highest BCUT2D eigenvalue weighted by atomic mass is 16.5. The third-order valence-corrected chi connectivity index (χ3v) is 13.0. The SMILES string of the molecule is COC(=O)NC(C(=O)N1CCCC1c1[nH]c(-c2ccc(-c3ccc(-c4cnc(C5CCCN5C(=O)C(NC(=O)OC)C5CCOCC5)[nH]4)cc3)cc2)c2c1CCC2)C(C)C. The zero-order valence-corrected chi connectivity index (χ0v) is 35.1. The van der Waals surface area contributed by atoms with E-state index in [1.807, 2.05) is 29.8 Å². The van der Waals surface area contributed by atoms with Gasteiger partial charge in [0, 0.05) is 37.7 Å². The molecule has 3 saturated heterocycles. The molecule has 318 valence electrons. The molecule has 4 aliphatic rings. The van der Waals surface area contributed by atoms with E-state index >= 15 is 0 Å². The number of nitrogens with zero attached hydrogens (tertiary/aromatic N) is 3. The van der Waals surface area contributed by atoms with Crippen molar-refractivity contribution in [2.75, 3.05) is 40.5 Å². The monoisotopic (exact) mass is 819 g/mol. The number of aromatic nitrogens is 3. The maximum absolute atomic E-state index is 14.0. The predicted molar refractivity (Wildman–Crippen MR) is 226 cm³/mol. The molecule has 0 radical (unpaired) electrons. The van der Waals surface area contributed by atoms with E-state index in [2.05, 4.69) is 69.1 Å². The lowest BCUT2D eigenvalue weighted by atomic mass is 9.90. The molecular weight excluding hydrogens is 763 g/mol. The highest BCUT2D eigenvalue weighted by Gasteiger charge is 2.41. The first-order valence-corrected chi connectivity index (χ1v) is 21.5. The Morgan fingerprint density at radius 2 is 1.30 bits per heavy atom. The van der Waals surface area contributed by atoms with Crippen LogP contribution in [-0.2, 0) is 36.6 Å². The van der Waals surface area contributed by atoms with E-state index in [9.17, 15) is 19.2 Å². The minimum Gasteiger partial charge on any atom is -0.453 e. The van der Waals surface area contributed by atoms with Crippen LogP contribution >= 0.6 is 0 Å². The van der Waals surface area contributed by atoms with Crippen molar-refractivity contribution in [3.05, 3.63) is 77.4 Å². The fourth-order valence-corrected chi connectivity index (χ4v) is 9.78. The highest BCUT2D eigenvalue weighted by Crippen LogP contribution is 2.43. The predicted octanol–water partition coefficient (Wildman–Crippen LogP) is 7.09. The number of hydrogen-bond donors (Lipinski definition) is 4. The minimum absolute atomic E-state index is 0.0232. The lowest BCUT2D eigenvalue weighted by Gasteiger charge is -2.34. The third kappa shape index (κ3) is 8.26. The van der Waals surface area contributed by atoms with Gasteiger partial charge >= 0.3 is 12.2 Å². The van der Waals surface area contributed by atoms with Gasteiger partial charge in [-0.3, -0.25) is 9.59 Å². The molecule has 1 aliphatic carbocycles. The van der Waals surface area contributed by atoms with Gasteiger partial charge in [-0.25, -0.2) is 14.6 Å². The van der Waals surface area contributed by atoms with Crippen LogP contribution in [0.4, 0.5) is 9.59 Å². The Kier molecular flexibility index (Phi) is 12.3. The summed E-state index contributed by atoms with van der Waals surface area (Å²) in [4.78, 5) is 68.1. The number of hydrogen-bond acceptors (Lipinski definition) is 8. The highest BCUT2D eigenvalue weighted by molar-refractivity contribution is 5.87. The van der Waals surface area contributed by atoms with Crippen LogP contribution in [0.3, 0.4) is 0 Å². The van der Waals surface area contributed by atoms with Gasteiger partial charge in [0.25, 0.3) is 0 Å². The zero-order chi connectivity index (χ0) is 41.9. The van der Waals surface area contributed by atoms with Crippen molar-refractivity contribution in [1.82, 2.24) is 35.4 Å². The molecule has 4 atom stereocenters. The lowest BCUT2D eigenvalue weighted by molar-refractivity contribution is -0.137. The van der Waals surface area contributed by atoms with E-state index < -0.39 is 24.3 Å². The molecule has 4 unspecified atom stereocenters. The number of methoxy groups -OCH3 is 2. The van der Waals surface area contributed by atoms with Gasteiger partial charge in [0.2, 0.25) is 11.8 Å². The standard InChI is InChI=1S/C46H57N7O7/c1-27(2)38(50-45(56)58-3)43(54)52-22-6-10-36(52)41-34-9-5-8-33(34)39(49-41)31-18-14-29(15-19-31)28-12-16-30(17-13-28)35-26-47-42(48-35)37-11-7-23-53(37)44(55)40(51-46(57)59-4)32-20-24-60-25-21-32/h12-19,26-27,32,36-38,40,49H,5-11,20-25H2,1-4H3,(H,47,48)(H,50,56)(H,51,57). The van der Waals surface area contributed by atoms with Crippen molar-refractivity contribution in [3.63, 3.8) is 0 Å². The number of carbonyl (C=O) groups excluding carboxylic acids is 4. The number of rotatable bonds is 11. The molecule has 4 aromatic rings. The Bertz CT molecular complexity index is 2170. The van der Waals surface area contributed by atoms with Crippen LogP contribution < -0.4 is 10.6 Å². The summed E-state index contributed by atoms with van der Waals surface area (Å²) in [6, 6.07) is 15.5.